The summed E-state index contributed by atoms with van der Waals surface area (Å²) in [5, 5.41) is 9.76. The van der Waals surface area contributed by atoms with E-state index in [9.17, 15) is 5.26 Å². The number of aryl methyl sites for hydroxylation is 5. The first-order chi connectivity index (χ1) is 33.5. The van der Waals surface area contributed by atoms with E-state index in [1.54, 1.807) is 0 Å². The van der Waals surface area contributed by atoms with Gasteiger partial charge >= 0.3 is 0 Å². The smallest absolute Gasteiger partial charge is 0.0991 e. The minimum atomic E-state index is 0.632. The number of rotatable bonds is 13. The standard InChI is InChI=1S/C64H50N4/c1-44-43-68-64(45(2)63(44)54-12-4-3-5-13-54)55-34-35-59(60(41-55)51-28-26-48(42-65)27-29-51)58-15-7-6-14-57(58)56-39-49(20-18-46-22-30-52(31-23-46)61-16-8-10-36-66-61)38-50(40-56)21-19-47-24-32-53(33-25-47)62-17-9-11-37-67-62/h3-17,22-41,43H,18-21H2,1-2H3. The van der Waals surface area contributed by atoms with Crippen LogP contribution in [0.3, 0.4) is 0 Å². The van der Waals surface area contributed by atoms with Crippen molar-refractivity contribution in [3.05, 3.63) is 258 Å². The second-order valence-electron chi connectivity index (χ2n) is 17.5. The second-order valence-corrected chi connectivity index (χ2v) is 17.5. The quantitative estimate of drug-likeness (QED) is 0.116. The maximum Gasteiger partial charge on any atom is 0.0991 e. The molecule has 7 aromatic carbocycles. The first-order valence-corrected chi connectivity index (χ1v) is 23.4. The number of hydrogen-bond donors (Lipinski definition) is 0. The zero-order valence-corrected chi connectivity index (χ0v) is 38.4. The molecule has 0 unspecified atom stereocenters. The highest BCUT2D eigenvalue weighted by Crippen LogP contribution is 2.42. The monoisotopic (exact) mass is 874 g/mol. The molecule has 0 aliphatic heterocycles. The van der Waals surface area contributed by atoms with Gasteiger partial charge in [0, 0.05) is 35.3 Å². The highest BCUT2D eigenvalue weighted by atomic mass is 14.7. The molecule has 0 atom stereocenters. The Hall–Kier alpha value is -8.52. The highest BCUT2D eigenvalue weighted by Gasteiger charge is 2.18. The zero-order valence-electron chi connectivity index (χ0n) is 38.4. The Morgan fingerprint density at radius 2 is 0.897 bits per heavy atom. The molecule has 68 heavy (non-hydrogen) atoms. The van der Waals surface area contributed by atoms with Gasteiger partial charge in [-0.25, -0.2) is 0 Å². The first-order valence-electron chi connectivity index (χ1n) is 23.4. The maximum atomic E-state index is 9.76. The molecule has 0 aliphatic rings. The van der Waals surface area contributed by atoms with Crippen LogP contribution < -0.4 is 0 Å². The fourth-order valence-corrected chi connectivity index (χ4v) is 9.47. The summed E-state index contributed by atoms with van der Waals surface area (Å²) >= 11 is 0. The van der Waals surface area contributed by atoms with Gasteiger partial charge in [0.15, 0.2) is 0 Å². The summed E-state index contributed by atoms with van der Waals surface area (Å²) in [6.45, 7) is 4.32. The van der Waals surface area contributed by atoms with E-state index in [0.29, 0.717) is 5.56 Å². The molecule has 3 heterocycles. The Morgan fingerprint density at radius 3 is 1.47 bits per heavy atom. The molecule has 10 rings (SSSR count). The molecule has 0 spiro atoms. The number of pyridine rings is 3. The molecule has 0 N–H and O–H groups in total. The van der Waals surface area contributed by atoms with E-state index in [2.05, 4.69) is 194 Å². The van der Waals surface area contributed by atoms with Gasteiger partial charge in [-0.05, 0) is 160 Å². The lowest BCUT2D eigenvalue weighted by Gasteiger charge is -2.19. The Bertz CT molecular complexity index is 3270. The van der Waals surface area contributed by atoms with Crippen molar-refractivity contribution in [2.75, 3.05) is 0 Å². The minimum Gasteiger partial charge on any atom is -0.256 e. The van der Waals surface area contributed by atoms with E-state index in [1.807, 2.05) is 55.0 Å². The SMILES string of the molecule is Cc1cnc(-c2ccc(-c3ccccc3-c3cc(CCc4ccc(-c5ccccn5)cc4)cc(CCc4ccc(-c5ccccn5)cc4)c3)c(-c3ccc(C#N)cc3)c2)c(C)c1-c1ccccc1. The van der Waals surface area contributed by atoms with Crippen LogP contribution in [-0.2, 0) is 25.7 Å². The highest BCUT2D eigenvalue weighted by molar-refractivity contribution is 5.94. The summed E-state index contributed by atoms with van der Waals surface area (Å²) in [5.74, 6) is 0. The third-order valence-corrected chi connectivity index (χ3v) is 13.0. The fraction of sp³-hybridized carbons (Fsp3) is 0.0938. The van der Waals surface area contributed by atoms with Gasteiger partial charge < -0.3 is 0 Å². The van der Waals surface area contributed by atoms with E-state index in [0.717, 1.165) is 92.8 Å². The van der Waals surface area contributed by atoms with Gasteiger partial charge in [-0.1, -0.05) is 158 Å². The molecule has 0 bridgehead atoms. The zero-order chi connectivity index (χ0) is 46.2. The summed E-state index contributed by atoms with van der Waals surface area (Å²) in [6, 6.07) is 73.4. The van der Waals surface area contributed by atoms with Crippen molar-refractivity contribution in [2.45, 2.75) is 39.5 Å². The van der Waals surface area contributed by atoms with Crippen LogP contribution in [0.25, 0.3) is 78.3 Å². The molecular formula is C64H50N4. The molecule has 0 saturated heterocycles. The van der Waals surface area contributed by atoms with E-state index < -0.39 is 0 Å². The van der Waals surface area contributed by atoms with Crippen LogP contribution in [0.4, 0.5) is 0 Å². The Kier molecular flexibility index (Phi) is 12.7. The molecule has 4 heteroatoms. The van der Waals surface area contributed by atoms with Crippen LogP contribution in [0, 0.1) is 25.2 Å². The summed E-state index contributed by atoms with van der Waals surface area (Å²) in [5.41, 5.74) is 23.5. The van der Waals surface area contributed by atoms with Crippen LogP contribution in [0.2, 0.25) is 0 Å². The number of nitrogens with zero attached hydrogens (tertiary/aromatic N) is 4. The predicted octanol–water partition coefficient (Wildman–Crippen LogP) is 15.6. The molecule has 3 aromatic heterocycles. The number of hydrogen-bond acceptors (Lipinski definition) is 4. The number of benzene rings is 7. The number of nitriles is 1. The van der Waals surface area contributed by atoms with Gasteiger partial charge in [0.1, 0.15) is 0 Å². The molecule has 0 radical (unpaired) electrons. The third kappa shape index (κ3) is 9.56. The lowest BCUT2D eigenvalue weighted by molar-refractivity contribution is 0.931. The predicted molar refractivity (Wildman–Crippen MR) is 280 cm³/mol. The molecule has 4 nitrogen and oxygen atoms in total. The van der Waals surface area contributed by atoms with Crippen LogP contribution in [0.15, 0.2) is 219 Å². The van der Waals surface area contributed by atoms with E-state index in [4.69, 9.17) is 4.98 Å². The lowest BCUT2D eigenvalue weighted by Crippen LogP contribution is -1.99. The Labute approximate surface area is 400 Å². The van der Waals surface area contributed by atoms with Gasteiger partial charge in [0.05, 0.1) is 28.7 Å². The van der Waals surface area contributed by atoms with Crippen molar-refractivity contribution in [3.8, 4) is 84.3 Å². The molecule has 326 valence electrons. The lowest BCUT2D eigenvalue weighted by atomic mass is 9.86. The van der Waals surface area contributed by atoms with Crippen molar-refractivity contribution in [1.82, 2.24) is 15.0 Å². The number of aromatic nitrogens is 3. The third-order valence-electron chi connectivity index (χ3n) is 13.0. The molecule has 0 aliphatic carbocycles. The van der Waals surface area contributed by atoms with Crippen LogP contribution in [0.5, 0.6) is 0 Å². The molecule has 0 amide bonds. The molecular weight excluding hydrogens is 825 g/mol. The van der Waals surface area contributed by atoms with Gasteiger partial charge in [-0.15, -0.1) is 0 Å². The normalized spacial score (nSPS) is 11.0. The van der Waals surface area contributed by atoms with E-state index in [-0.39, 0.29) is 0 Å². The largest absolute Gasteiger partial charge is 0.256 e. The van der Waals surface area contributed by atoms with Crippen molar-refractivity contribution in [1.29, 1.82) is 5.26 Å². The average Bonchev–Trinajstić information content (AvgIpc) is 3.41. The average molecular weight is 875 g/mol. The van der Waals surface area contributed by atoms with Crippen LogP contribution >= 0.6 is 0 Å². The van der Waals surface area contributed by atoms with Crippen molar-refractivity contribution in [3.63, 3.8) is 0 Å². The first kappa shape index (κ1) is 43.4. The summed E-state index contributed by atoms with van der Waals surface area (Å²) in [7, 11) is 0. The van der Waals surface area contributed by atoms with Crippen LogP contribution in [0.1, 0.15) is 38.9 Å². The Balaban J connectivity index is 1.03. The fourth-order valence-electron chi connectivity index (χ4n) is 9.47. The second kappa shape index (κ2) is 19.9. The van der Waals surface area contributed by atoms with Crippen molar-refractivity contribution >= 4 is 0 Å². The summed E-state index contributed by atoms with van der Waals surface area (Å²) < 4.78 is 0. The topological polar surface area (TPSA) is 62.5 Å². The van der Waals surface area contributed by atoms with Gasteiger partial charge in [-0.3, -0.25) is 15.0 Å². The maximum absolute atomic E-state index is 9.76. The molecule has 10 aromatic rings. The summed E-state index contributed by atoms with van der Waals surface area (Å²) in [6.07, 6.45) is 9.34. The molecule has 0 saturated carbocycles. The van der Waals surface area contributed by atoms with Gasteiger partial charge in [0.25, 0.3) is 0 Å². The van der Waals surface area contributed by atoms with E-state index >= 15 is 0 Å². The van der Waals surface area contributed by atoms with Gasteiger partial charge in [0.2, 0.25) is 0 Å². The van der Waals surface area contributed by atoms with Gasteiger partial charge in [-0.2, -0.15) is 5.26 Å². The minimum absolute atomic E-state index is 0.632. The van der Waals surface area contributed by atoms with Crippen LogP contribution in [-0.4, -0.2) is 15.0 Å². The van der Waals surface area contributed by atoms with Crippen molar-refractivity contribution in [2.24, 2.45) is 0 Å². The molecule has 0 fully saturated rings. The van der Waals surface area contributed by atoms with E-state index in [1.165, 1.54) is 44.5 Å². The van der Waals surface area contributed by atoms with Crippen molar-refractivity contribution < 1.29 is 0 Å². The summed E-state index contributed by atoms with van der Waals surface area (Å²) in [4.78, 5) is 14.2. The Morgan fingerprint density at radius 1 is 0.382 bits per heavy atom.